The highest BCUT2D eigenvalue weighted by Crippen LogP contribution is 2.36. The van der Waals surface area contributed by atoms with Crippen LogP contribution in [0.2, 0.25) is 0 Å². The van der Waals surface area contributed by atoms with Gasteiger partial charge in [-0.05, 0) is 68.4 Å². The van der Waals surface area contributed by atoms with Gasteiger partial charge in [0.05, 0.1) is 11.7 Å². The van der Waals surface area contributed by atoms with Gasteiger partial charge in [-0.2, -0.15) is 0 Å². The Morgan fingerprint density at radius 1 is 1.07 bits per heavy atom. The smallest absolute Gasteiger partial charge is 0.220 e. The standard InChI is InChI=1S/C22H33N3O2/c1-16(26)25-22(20-8-4-5-13-23-20)19-11-9-18(10-12-19)15-24-21(27)14-17-6-2-3-7-17/h4-5,8,13,17-19,22H,2-3,6-7,9-12,14-15H2,1H3,(H,24,27)(H,25,26)/t18?,19?,22-/m0/s1. The normalized spacial score (nSPS) is 24.3. The number of hydrogen-bond acceptors (Lipinski definition) is 3. The van der Waals surface area contributed by atoms with Gasteiger partial charge in [0.25, 0.3) is 0 Å². The molecule has 0 spiro atoms. The van der Waals surface area contributed by atoms with Crippen molar-refractivity contribution in [2.45, 2.75) is 70.8 Å². The first-order chi connectivity index (χ1) is 13.1. The van der Waals surface area contributed by atoms with Crippen LogP contribution in [0.25, 0.3) is 0 Å². The van der Waals surface area contributed by atoms with Crippen molar-refractivity contribution < 1.29 is 9.59 Å². The molecule has 0 saturated heterocycles. The molecule has 27 heavy (non-hydrogen) atoms. The van der Waals surface area contributed by atoms with Crippen LogP contribution in [0.3, 0.4) is 0 Å². The minimum absolute atomic E-state index is 0.00745. The Morgan fingerprint density at radius 3 is 2.44 bits per heavy atom. The summed E-state index contributed by atoms with van der Waals surface area (Å²) in [6, 6.07) is 5.86. The van der Waals surface area contributed by atoms with Gasteiger partial charge in [-0.25, -0.2) is 0 Å². The van der Waals surface area contributed by atoms with Crippen LogP contribution in [0, 0.1) is 17.8 Å². The van der Waals surface area contributed by atoms with Gasteiger partial charge in [-0.3, -0.25) is 14.6 Å². The third-order valence-corrected chi connectivity index (χ3v) is 6.26. The van der Waals surface area contributed by atoms with Crippen LogP contribution in [0.1, 0.15) is 76.4 Å². The molecule has 2 fully saturated rings. The molecule has 2 saturated carbocycles. The Hall–Kier alpha value is -1.91. The molecule has 1 aromatic rings. The Bertz CT molecular complexity index is 605. The van der Waals surface area contributed by atoms with Crippen LogP contribution < -0.4 is 10.6 Å². The van der Waals surface area contributed by atoms with E-state index in [9.17, 15) is 9.59 Å². The van der Waals surface area contributed by atoms with Crippen LogP contribution in [0.5, 0.6) is 0 Å². The fraction of sp³-hybridized carbons (Fsp3) is 0.682. The molecule has 1 heterocycles. The second-order valence-corrected chi connectivity index (χ2v) is 8.37. The molecule has 1 aromatic heterocycles. The lowest BCUT2D eigenvalue weighted by Gasteiger charge is -2.34. The first-order valence-electron chi connectivity index (χ1n) is 10.6. The number of pyridine rings is 1. The minimum atomic E-state index is -0.0124. The van der Waals surface area contributed by atoms with Crippen molar-refractivity contribution in [3.63, 3.8) is 0 Å². The van der Waals surface area contributed by atoms with Gasteiger partial charge in [-0.1, -0.05) is 18.9 Å². The molecule has 2 aliphatic carbocycles. The van der Waals surface area contributed by atoms with Crippen molar-refractivity contribution in [3.8, 4) is 0 Å². The summed E-state index contributed by atoms with van der Waals surface area (Å²) in [5.41, 5.74) is 0.945. The molecule has 0 aromatic carbocycles. The molecule has 3 rings (SSSR count). The fourth-order valence-electron chi connectivity index (χ4n) is 4.74. The summed E-state index contributed by atoms with van der Waals surface area (Å²) in [4.78, 5) is 28.3. The summed E-state index contributed by atoms with van der Waals surface area (Å²) in [7, 11) is 0. The van der Waals surface area contributed by atoms with Crippen molar-refractivity contribution >= 4 is 11.8 Å². The van der Waals surface area contributed by atoms with E-state index < -0.39 is 0 Å². The van der Waals surface area contributed by atoms with Crippen LogP contribution >= 0.6 is 0 Å². The predicted molar refractivity (Wildman–Crippen MR) is 106 cm³/mol. The van der Waals surface area contributed by atoms with E-state index in [4.69, 9.17) is 0 Å². The van der Waals surface area contributed by atoms with E-state index in [-0.39, 0.29) is 17.9 Å². The lowest BCUT2D eigenvalue weighted by molar-refractivity contribution is -0.122. The van der Waals surface area contributed by atoms with Crippen molar-refractivity contribution in [2.24, 2.45) is 17.8 Å². The van der Waals surface area contributed by atoms with Crippen molar-refractivity contribution in [1.82, 2.24) is 15.6 Å². The molecule has 5 heteroatoms. The zero-order valence-electron chi connectivity index (χ0n) is 16.5. The zero-order chi connectivity index (χ0) is 19.1. The molecule has 2 amide bonds. The van der Waals surface area contributed by atoms with Gasteiger partial charge < -0.3 is 10.6 Å². The zero-order valence-corrected chi connectivity index (χ0v) is 16.5. The maximum Gasteiger partial charge on any atom is 0.220 e. The highest BCUT2D eigenvalue weighted by atomic mass is 16.2. The summed E-state index contributed by atoms with van der Waals surface area (Å²) < 4.78 is 0. The van der Waals surface area contributed by atoms with Crippen LogP contribution in [-0.2, 0) is 9.59 Å². The average Bonchev–Trinajstić information content (AvgIpc) is 3.18. The number of carbonyl (C=O) groups is 2. The van der Waals surface area contributed by atoms with Crippen LogP contribution in [0.4, 0.5) is 0 Å². The Balaban J connectivity index is 1.45. The molecular weight excluding hydrogens is 338 g/mol. The van der Waals surface area contributed by atoms with Gasteiger partial charge in [0.15, 0.2) is 0 Å². The lowest BCUT2D eigenvalue weighted by Crippen LogP contribution is -2.36. The van der Waals surface area contributed by atoms with Gasteiger partial charge in [0.2, 0.25) is 11.8 Å². The largest absolute Gasteiger partial charge is 0.356 e. The molecular formula is C22H33N3O2. The van der Waals surface area contributed by atoms with E-state index in [1.807, 2.05) is 18.2 Å². The lowest BCUT2D eigenvalue weighted by atomic mass is 9.77. The highest BCUT2D eigenvalue weighted by Gasteiger charge is 2.30. The van der Waals surface area contributed by atoms with E-state index in [0.717, 1.165) is 37.9 Å². The second-order valence-electron chi connectivity index (χ2n) is 8.37. The number of carbonyl (C=O) groups excluding carboxylic acids is 2. The van der Waals surface area contributed by atoms with E-state index in [2.05, 4.69) is 15.6 Å². The van der Waals surface area contributed by atoms with Crippen molar-refractivity contribution in [3.05, 3.63) is 30.1 Å². The molecule has 0 unspecified atom stereocenters. The summed E-state index contributed by atoms with van der Waals surface area (Å²) in [6.45, 7) is 2.37. The maximum absolute atomic E-state index is 12.2. The number of nitrogens with zero attached hydrogens (tertiary/aromatic N) is 1. The van der Waals surface area contributed by atoms with Crippen LogP contribution in [-0.4, -0.2) is 23.3 Å². The fourth-order valence-corrected chi connectivity index (χ4v) is 4.74. The molecule has 1 atom stereocenters. The second kappa shape index (κ2) is 9.86. The number of aromatic nitrogens is 1. The van der Waals surface area contributed by atoms with Gasteiger partial charge in [0, 0.05) is 26.1 Å². The Labute approximate surface area is 162 Å². The van der Waals surface area contributed by atoms with Crippen molar-refractivity contribution in [1.29, 1.82) is 0 Å². The Morgan fingerprint density at radius 2 is 1.81 bits per heavy atom. The van der Waals surface area contributed by atoms with Crippen LogP contribution in [0.15, 0.2) is 24.4 Å². The molecule has 0 bridgehead atoms. The minimum Gasteiger partial charge on any atom is -0.356 e. The van der Waals surface area contributed by atoms with E-state index >= 15 is 0 Å². The molecule has 0 aliphatic heterocycles. The Kier molecular flexibility index (Phi) is 7.25. The van der Waals surface area contributed by atoms with Crippen molar-refractivity contribution in [2.75, 3.05) is 6.54 Å². The molecule has 148 valence electrons. The first kappa shape index (κ1) is 19.8. The number of hydrogen-bond donors (Lipinski definition) is 2. The summed E-state index contributed by atoms with van der Waals surface area (Å²) >= 11 is 0. The van der Waals surface area contributed by atoms with Gasteiger partial charge in [0.1, 0.15) is 0 Å². The first-order valence-corrected chi connectivity index (χ1v) is 10.6. The number of rotatable bonds is 7. The van der Waals surface area contributed by atoms with Gasteiger partial charge >= 0.3 is 0 Å². The maximum atomic E-state index is 12.2. The highest BCUT2D eigenvalue weighted by molar-refractivity contribution is 5.76. The third kappa shape index (κ3) is 6.05. The molecule has 2 aliphatic rings. The van der Waals surface area contributed by atoms with E-state index in [0.29, 0.717) is 24.2 Å². The molecule has 2 N–H and O–H groups in total. The summed E-state index contributed by atoms with van der Waals surface area (Å²) in [6.07, 6.45) is 11.8. The quantitative estimate of drug-likeness (QED) is 0.766. The number of amides is 2. The summed E-state index contributed by atoms with van der Waals surface area (Å²) in [5.74, 6) is 1.79. The molecule has 0 radical (unpaired) electrons. The summed E-state index contributed by atoms with van der Waals surface area (Å²) in [5, 5.41) is 6.27. The van der Waals surface area contributed by atoms with E-state index in [1.54, 1.807) is 13.1 Å². The van der Waals surface area contributed by atoms with Gasteiger partial charge in [-0.15, -0.1) is 0 Å². The van der Waals surface area contributed by atoms with E-state index in [1.165, 1.54) is 25.7 Å². The predicted octanol–water partition coefficient (Wildman–Crippen LogP) is 3.76. The third-order valence-electron chi connectivity index (χ3n) is 6.26. The average molecular weight is 372 g/mol. The topological polar surface area (TPSA) is 71.1 Å². The monoisotopic (exact) mass is 371 g/mol. The number of nitrogens with one attached hydrogen (secondary N) is 2. The molecule has 5 nitrogen and oxygen atoms in total. The SMILES string of the molecule is CC(=O)N[C@H](c1ccccn1)C1CCC(CNC(=O)CC2CCCC2)CC1.